The molecule has 0 spiro atoms. The van der Waals surface area contributed by atoms with E-state index in [0.29, 0.717) is 0 Å². The van der Waals surface area contributed by atoms with Crippen LogP contribution in [0, 0.1) is 5.41 Å². The van der Waals surface area contributed by atoms with Crippen LogP contribution in [0.2, 0.25) is 0 Å². The van der Waals surface area contributed by atoms with Crippen LogP contribution in [0.3, 0.4) is 0 Å². The molecule has 0 amide bonds. The molecule has 0 N–H and O–H groups in total. The molecule has 2 bridgehead atoms. The van der Waals surface area contributed by atoms with Crippen molar-refractivity contribution in [1.82, 2.24) is 0 Å². The summed E-state index contributed by atoms with van der Waals surface area (Å²) in [5.41, 5.74) is 0.0117. The van der Waals surface area contributed by atoms with E-state index in [1.54, 1.807) is 0 Å². The van der Waals surface area contributed by atoms with Crippen molar-refractivity contribution >= 4 is 23.2 Å². The topological polar surface area (TPSA) is 27.7 Å². The summed E-state index contributed by atoms with van der Waals surface area (Å²) in [5.74, 6) is -0.825. The number of fused-ring (bicyclic) bond motifs is 3. The third-order valence-electron chi connectivity index (χ3n) is 7.01. The zero-order valence-electron chi connectivity index (χ0n) is 18.8. The van der Waals surface area contributed by atoms with Gasteiger partial charge < -0.3 is 0 Å². The maximum atomic E-state index is 6.02. The molecule has 0 unspecified atom stereocenters. The number of hydrogen-bond acceptors (Lipinski definition) is 3. The third-order valence-corrected chi connectivity index (χ3v) is 12.1. The summed E-state index contributed by atoms with van der Waals surface area (Å²) in [6.45, 7) is 4.34. The van der Waals surface area contributed by atoms with Crippen molar-refractivity contribution in [3.05, 3.63) is 91.0 Å². The summed E-state index contributed by atoms with van der Waals surface area (Å²) < 4.78 is 18.1. The Bertz CT molecular complexity index is 885. The third kappa shape index (κ3) is 4.16. The van der Waals surface area contributed by atoms with Crippen LogP contribution in [0.4, 0.5) is 0 Å². The average Bonchev–Trinajstić information content (AvgIpc) is 2.87. The number of ether oxygens (including phenoxy) is 3. The Morgan fingerprint density at radius 1 is 0.625 bits per heavy atom. The Balaban J connectivity index is 1.42. The van der Waals surface area contributed by atoms with Crippen LogP contribution in [0.15, 0.2) is 91.0 Å². The van der Waals surface area contributed by atoms with Crippen LogP contribution in [-0.4, -0.2) is 32.0 Å². The molecule has 0 aliphatic carbocycles. The molecule has 168 valence electrons. The predicted molar refractivity (Wildman–Crippen MR) is 134 cm³/mol. The van der Waals surface area contributed by atoms with E-state index in [2.05, 4.69) is 97.9 Å². The summed E-state index contributed by atoms with van der Waals surface area (Å²) in [5, 5.41) is 4.39. The van der Waals surface area contributed by atoms with Gasteiger partial charge in [-0.1, -0.05) is 0 Å². The number of rotatable bonds is 8. The summed E-state index contributed by atoms with van der Waals surface area (Å²) in [6.07, 6.45) is 4.03. The molecule has 3 aliphatic rings. The number of hydrogen-bond donors (Lipinski definition) is 0. The van der Waals surface area contributed by atoms with Crippen molar-refractivity contribution < 1.29 is 14.2 Å². The van der Waals surface area contributed by atoms with Crippen LogP contribution >= 0.6 is 7.26 Å². The van der Waals surface area contributed by atoms with Crippen molar-refractivity contribution in [1.29, 1.82) is 0 Å². The van der Waals surface area contributed by atoms with Gasteiger partial charge in [0.25, 0.3) is 0 Å². The molecular formula is C28H33O3P. The van der Waals surface area contributed by atoms with Crippen molar-refractivity contribution in [3.8, 4) is 0 Å². The minimum atomic E-state index is -2.17. The average molecular weight is 449 g/mol. The fourth-order valence-corrected chi connectivity index (χ4v) is 10.1. The molecule has 6 rings (SSSR count). The van der Waals surface area contributed by atoms with E-state index in [1.165, 1.54) is 15.9 Å². The fourth-order valence-electron chi connectivity index (χ4n) is 5.15. The van der Waals surface area contributed by atoms with E-state index >= 15 is 0 Å². The number of benzene rings is 3. The second-order valence-electron chi connectivity index (χ2n) is 9.57. The van der Waals surface area contributed by atoms with Crippen LogP contribution < -0.4 is 15.9 Å². The molecule has 3 aromatic rings. The predicted octanol–water partition coefficient (Wildman–Crippen LogP) is 4.62. The van der Waals surface area contributed by atoms with E-state index in [-0.39, 0.29) is 5.41 Å². The van der Waals surface area contributed by atoms with Gasteiger partial charge in [0.2, 0.25) is 0 Å². The minimum absolute atomic E-state index is 0.0117. The van der Waals surface area contributed by atoms with Crippen LogP contribution in [-0.2, 0) is 14.2 Å². The first-order chi connectivity index (χ1) is 15.6. The molecular weight excluding hydrogens is 415 g/mol. The van der Waals surface area contributed by atoms with Gasteiger partial charge in [-0.3, -0.25) is 0 Å². The van der Waals surface area contributed by atoms with E-state index in [9.17, 15) is 0 Å². The maximum absolute atomic E-state index is 6.02. The van der Waals surface area contributed by atoms with E-state index < -0.39 is 13.2 Å². The van der Waals surface area contributed by atoms with Gasteiger partial charge in [0.15, 0.2) is 0 Å². The molecule has 3 fully saturated rings. The van der Waals surface area contributed by atoms with Crippen molar-refractivity contribution in [2.45, 2.75) is 32.2 Å². The van der Waals surface area contributed by atoms with Gasteiger partial charge in [-0.25, -0.2) is 0 Å². The summed E-state index contributed by atoms with van der Waals surface area (Å²) in [4.78, 5) is 0. The fraction of sp³-hybridized carbons (Fsp3) is 0.357. The van der Waals surface area contributed by atoms with Crippen LogP contribution in [0.5, 0.6) is 0 Å². The second-order valence-corrected chi connectivity index (χ2v) is 13.6. The first kappa shape index (κ1) is 21.8. The molecule has 0 aromatic heterocycles. The molecule has 4 heteroatoms. The molecule has 32 heavy (non-hydrogen) atoms. The van der Waals surface area contributed by atoms with Crippen molar-refractivity contribution in [3.63, 3.8) is 0 Å². The van der Waals surface area contributed by atoms with Crippen LogP contribution in [0.1, 0.15) is 26.2 Å². The Hall–Kier alpha value is -2.03. The molecule has 3 aromatic carbocycles. The van der Waals surface area contributed by atoms with E-state index in [1.807, 2.05) is 0 Å². The van der Waals surface area contributed by atoms with Crippen molar-refractivity contribution in [2.24, 2.45) is 5.41 Å². The van der Waals surface area contributed by atoms with Gasteiger partial charge in [0.1, 0.15) is 0 Å². The number of unbranched alkanes of at least 4 members (excludes halogenated alkanes) is 1. The first-order valence-corrected chi connectivity index (χ1v) is 13.9. The van der Waals surface area contributed by atoms with Gasteiger partial charge in [-0.2, -0.15) is 0 Å². The van der Waals surface area contributed by atoms with E-state index in [0.717, 1.165) is 45.2 Å². The molecule has 3 saturated heterocycles. The normalized spacial score (nSPS) is 25.5. The molecule has 3 nitrogen and oxygen atoms in total. The van der Waals surface area contributed by atoms with Gasteiger partial charge in [-0.15, -0.1) is 0 Å². The van der Waals surface area contributed by atoms with Gasteiger partial charge in [-0.05, 0) is 0 Å². The first-order valence-electron chi connectivity index (χ1n) is 11.7. The Morgan fingerprint density at radius 2 is 1.03 bits per heavy atom. The van der Waals surface area contributed by atoms with Gasteiger partial charge in [0, 0.05) is 0 Å². The molecule has 3 heterocycles. The van der Waals surface area contributed by atoms with Gasteiger partial charge >= 0.3 is 192 Å². The summed E-state index contributed by atoms with van der Waals surface area (Å²) in [7, 11) is -2.17. The SMILES string of the molecule is CC12COC(CCCC[PH](c3ccccc3)(c3ccccc3)c3ccccc3)(OC1)OC2. The Kier molecular flexibility index (Phi) is 6.18. The van der Waals surface area contributed by atoms with Crippen LogP contribution in [0.25, 0.3) is 0 Å². The standard InChI is InChI=1S/C28H33O3P/c1-27-21-29-28(30-22-27,31-23-27)19-11-12-20-32(24-13-5-2-6-14-24,25-15-7-3-8-16-25)26-17-9-4-10-18-26/h2-10,13-18,32H,11-12,19-23H2,1H3. The molecule has 0 radical (unpaired) electrons. The quantitative estimate of drug-likeness (QED) is 0.372. The zero-order valence-corrected chi connectivity index (χ0v) is 19.8. The summed E-state index contributed by atoms with van der Waals surface area (Å²) in [6, 6.07) is 33.4. The zero-order chi connectivity index (χ0) is 21.9. The van der Waals surface area contributed by atoms with E-state index in [4.69, 9.17) is 14.2 Å². The second kappa shape index (κ2) is 9.08. The van der Waals surface area contributed by atoms with Gasteiger partial charge in [0.05, 0.1) is 0 Å². The monoisotopic (exact) mass is 448 g/mol. The summed E-state index contributed by atoms with van der Waals surface area (Å²) >= 11 is 0. The Labute approximate surface area is 192 Å². The molecule has 0 atom stereocenters. The molecule has 0 saturated carbocycles. The van der Waals surface area contributed by atoms with Crippen molar-refractivity contribution in [2.75, 3.05) is 26.0 Å². The molecule has 3 aliphatic heterocycles. The Morgan fingerprint density at radius 3 is 1.44 bits per heavy atom.